The predicted molar refractivity (Wildman–Crippen MR) is 83.5 cm³/mol. The van der Waals surface area contributed by atoms with Crippen molar-refractivity contribution in [2.45, 2.75) is 19.4 Å². The van der Waals surface area contributed by atoms with Crippen molar-refractivity contribution >= 4 is 17.6 Å². The van der Waals surface area contributed by atoms with Gasteiger partial charge in [0.2, 0.25) is 5.91 Å². The van der Waals surface area contributed by atoms with Gasteiger partial charge in [-0.1, -0.05) is 18.2 Å². The second kappa shape index (κ2) is 6.60. The van der Waals surface area contributed by atoms with Crippen molar-refractivity contribution in [1.29, 1.82) is 0 Å². The molecule has 1 aliphatic heterocycles. The van der Waals surface area contributed by atoms with E-state index in [1.807, 2.05) is 0 Å². The molecule has 23 heavy (non-hydrogen) atoms. The van der Waals surface area contributed by atoms with E-state index in [4.69, 9.17) is 4.74 Å². The summed E-state index contributed by atoms with van der Waals surface area (Å²) in [6, 6.07) is 12.7. The zero-order chi connectivity index (χ0) is 16.2. The molecule has 0 atom stereocenters. The van der Waals surface area contributed by atoms with Crippen LogP contribution in [0.15, 0.2) is 48.5 Å². The molecule has 5 heteroatoms. The van der Waals surface area contributed by atoms with Gasteiger partial charge in [0.05, 0.1) is 5.56 Å². The lowest BCUT2D eigenvalue weighted by Crippen LogP contribution is -2.23. The summed E-state index contributed by atoms with van der Waals surface area (Å²) in [5.41, 5.74) is 1.66. The van der Waals surface area contributed by atoms with Gasteiger partial charge >= 0.3 is 5.97 Å². The summed E-state index contributed by atoms with van der Waals surface area (Å²) in [4.78, 5) is 25.6. The molecule has 0 unspecified atom stereocenters. The zero-order valence-electron chi connectivity index (χ0n) is 12.5. The van der Waals surface area contributed by atoms with E-state index in [0.717, 1.165) is 6.42 Å². The number of amides is 1. The first kappa shape index (κ1) is 15.2. The smallest absolute Gasteiger partial charge is 0.338 e. The molecule has 0 spiro atoms. The molecule has 0 aliphatic carbocycles. The lowest BCUT2D eigenvalue weighted by atomic mass is 10.2. The second-order valence-corrected chi connectivity index (χ2v) is 5.41. The van der Waals surface area contributed by atoms with E-state index in [9.17, 15) is 14.0 Å². The van der Waals surface area contributed by atoms with Gasteiger partial charge in [0.1, 0.15) is 12.4 Å². The average Bonchev–Trinajstić information content (AvgIpc) is 2.99. The Kier molecular flexibility index (Phi) is 4.37. The van der Waals surface area contributed by atoms with E-state index in [1.54, 1.807) is 41.3 Å². The third kappa shape index (κ3) is 3.56. The number of ether oxygens (including phenoxy) is 1. The predicted octanol–water partition coefficient (Wildman–Crippen LogP) is 3.31. The van der Waals surface area contributed by atoms with Crippen LogP contribution < -0.4 is 4.90 Å². The van der Waals surface area contributed by atoms with Gasteiger partial charge in [0, 0.05) is 18.7 Å². The topological polar surface area (TPSA) is 46.6 Å². The van der Waals surface area contributed by atoms with Crippen molar-refractivity contribution in [2.24, 2.45) is 0 Å². The van der Waals surface area contributed by atoms with Crippen molar-refractivity contribution in [2.75, 3.05) is 11.4 Å². The van der Waals surface area contributed by atoms with Crippen molar-refractivity contribution in [3.63, 3.8) is 0 Å². The minimum atomic E-state index is -0.497. The Bertz CT molecular complexity index is 745. The minimum Gasteiger partial charge on any atom is -0.457 e. The molecule has 2 aromatic rings. The van der Waals surface area contributed by atoms with Crippen LogP contribution in [0.25, 0.3) is 0 Å². The van der Waals surface area contributed by atoms with Gasteiger partial charge in [0.15, 0.2) is 0 Å². The van der Waals surface area contributed by atoms with Crippen LogP contribution >= 0.6 is 0 Å². The number of benzene rings is 2. The summed E-state index contributed by atoms with van der Waals surface area (Å²) in [6.07, 6.45) is 1.36. The molecule has 2 aromatic carbocycles. The highest BCUT2D eigenvalue weighted by atomic mass is 19.1. The molecule has 0 radical (unpaired) electrons. The molecule has 4 nitrogen and oxygen atoms in total. The number of hydrogen-bond donors (Lipinski definition) is 0. The summed E-state index contributed by atoms with van der Waals surface area (Å²) in [5.74, 6) is -0.800. The Morgan fingerprint density at radius 2 is 2.00 bits per heavy atom. The van der Waals surface area contributed by atoms with E-state index in [2.05, 4.69) is 0 Å². The fourth-order valence-corrected chi connectivity index (χ4v) is 2.58. The zero-order valence-corrected chi connectivity index (χ0v) is 12.5. The highest BCUT2D eigenvalue weighted by Gasteiger charge is 2.22. The Labute approximate surface area is 133 Å². The van der Waals surface area contributed by atoms with Crippen molar-refractivity contribution in [3.05, 3.63) is 65.5 Å². The minimum absolute atomic E-state index is 0.00344. The molecule has 1 amide bonds. The monoisotopic (exact) mass is 313 g/mol. The van der Waals surface area contributed by atoms with Crippen LogP contribution in [-0.2, 0) is 16.1 Å². The van der Waals surface area contributed by atoms with Crippen LogP contribution in [0.4, 0.5) is 10.1 Å². The summed E-state index contributed by atoms with van der Waals surface area (Å²) in [6.45, 7) is 0.671. The fourth-order valence-electron chi connectivity index (χ4n) is 2.58. The maximum absolute atomic E-state index is 13.1. The molecule has 1 saturated heterocycles. The summed E-state index contributed by atoms with van der Waals surface area (Å²) in [7, 11) is 0. The summed E-state index contributed by atoms with van der Waals surface area (Å²) < 4.78 is 18.3. The number of nitrogens with zero attached hydrogens (tertiary/aromatic N) is 1. The molecule has 0 N–H and O–H groups in total. The Morgan fingerprint density at radius 3 is 2.74 bits per heavy atom. The third-order valence-electron chi connectivity index (χ3n) is 3.73. The van der Waals surface area contributed by atoms with Crippen molar-refractivity contribution in [1.82, 2.24) is 0 Å². The van der Waals surface area contributed by atoms with Gasteiger partial charge in [-0.3, -0.25) is 4.79 Å². The first-order valence-corrected chi connectivity index (χ1v) is 7.45. The van der Waals surface area contributed by atoms with Gasteiger partial charge in [-0.15, -0.1) is 0 Å². The number of esters is 1. The average molecular weight is 313 g/mol. The summed E-state index contributed by atoms with van der Waals surface area (Å²) >= 11 is 0. The summed E-state index contributed by atoms with van der Waals surface area (Å²) in [5, 5.41) is 0. The number of rotatable bonds is 4. The Balaban J connectivity index is 1.69. The Morgan fingerprint density at radius 1 is 1.17 bits per heavy atom. The molecule has 1 aliphatic rings. The SMILES string of the molecule is O=C(OCc1cccc(F)c1)c1cccc(N2CCCC2=O)c1. The standard InChI is InChI=1S/C18H16FNO3/c19-15-6-1-4-13(10-15)12-23-18(22)14-5-2-7-16(11-14)20-9-3-8-17(20)21/h1-2,4-7,10-11H,3,8-9,12H2. The van der Waals surface area contributed by atoms with Gasteiger partial charge in [-0.2, -0.15) is 0 Å². The number of halogens is 1. The molecule has 118 valence electrons. The molecule has 0 bridgehead atoms. The number of anilines is 1. The molecule has 3 rings (SSSR count). The van der Waals surface area contributed by atoms with E-state index in [0.29, 0.717) is 29.8 Å². The maximum Gasteiger partial charge on any atom is 0.338 e. The highest BCUT2D eigenvalue weighted by molar-refractivity contribution is 5.97. The first-order valence-electron chi connectivity index (χ1n) is 7.45. The van der Waals surface area contributed by atoms with E-state index in [-0.39, 0.29) is 18.3 Å². The van der Waals surface area contributed by atoms with E-state index in [1.165, 1.54) is 12.1 Å². The Hall–Kier alpha value is -2.69. The van der Waals surface area contributed by atoms with Crippen LogP contribution in [0.2, 0.25) is 0 Å². The van der Waals surface area contributed by atoms with Crippen molar-refractivity contribution < 1.29 is 18.7 Å². The van der Waals surface area contributed by atoms with Gasteiger partial charge in [0.25, 0.3) is 0 Å². The highest BCUT2D eigenvalue weighted by Crippen LogP contribution is 2.22. The van der Waals surface area contributed by atoms with Crippen LogP contribution in [0.1, 0.15) is 28.8 Å². The molecule has 1 fully saturated rings. The van der Waals surface area contributed by atoms with Crippen molar-refractivity contribution in [3.8, 4) is 0 Å². The second-order valence-electron chi connectivity index (χ2n) is 5.41. The van der Waals surface area contributed by atoms with Gasteiger partial charge in [-0.05, 0) is 42.3 Å². The van der Waals surface area contributed by atoms with Crippen LogP contribution in [0.5, 0.6) is 0 Å². The van der Waals surface area contributed by atoms with Crippen LogP contribution in [0, 0.1) is 5.82 Å². The number of carbonyl (C=O) groups excluding carboxylic acids is 2. The number of carbonyl (C=O) groups is 2. The van der Waals surface area contributed by atoms with Gasteiger partial charge < -0.3 is 9.64 Å². The van der Waals surface area contributed by atoms with E-state index < -0.39 is 5.97 Å². The molecule has 0 aromatic heterocycles. The van der Waals surface area contributed by atoms with Crippen LogP contribution in [0.3, 0.4) is 0 Å². The third-order valence-corrected chi connectivity index (χ3v) is 3.73. The number of hydrogen-bond acceptors (Lipinski definition) is 3. The first-order chi connectivity index (χ1) is 11.1. The van der Waals surface area contributed by atoms with Crippen LogP contribution in [-0.4, -0.2) is 18.4 Å². The quantitative estimate of drug-likeness (QED) is 0.814. The maximum atomic E-state index is 13.1. The largest absolute Gasteiger partial charge is 0.457 e. The van der Waals surface area contributed by atoms with Gasteiger partial charge in [-0.25, -0.2) is 9.18 Å². The van der Waals surface area contributed by atoms with E-state index >= 15 is 0 Å². The molecule has 0 saturated carbocycles. The lowest BCUT2D eigenvalue weighted by molar-refractivity contribution is -0.117. The molecule has 1 heterocycles. The molecular formula is C18H16FNO3. The normalized spacial score (nSPS) is 14.1. The fraction of sp³-hybridized carbons (Fsp3) is 0.222. The molecular weight excluding hydrogens is 297 g/mol. The lowest BCUT2D eigenvalue weighted by Gasteiger charge is -2.16.